The first kappa shape index (κ1) is 10.3. The fraction of sp³-hybridized carbons (Fsp3) is 0.800. The van der Waals surface area contributed by atoms with Crippen LogP contribution in [0.3, 0.4) is 0 Å². The van der Waals surface area contributed by atoms with E-state index in [1.807, 2.05) is 6.08 Å². The standard InChI is InChI=1S/C10H18BrN/c1-4-5-10(2,3)8-12-7-9(12)6-11/h4,9H,1,5-8H2,2-3H3. The van der Waals surface area contributed by atoms with E-state index in [1.54, 1.807) is 0 Å². The second kappa shape index (κ2) is 3.93. The monoisotopic (exact) mass is 231 g/mol. The molecule has 0 saturated carbocycles. The molecule has 1 rings (SSSR count). The van der Waals surface area contributed by atoms with Crippen molar-refractivity contribution in [2.45, 2.75) is 26.3 Å². The van der Waals surface area contributed by atoms with Gasteiger partial charge in [0.25, 0.3) is 0 Å². The van der Waals surface area contributed by atoms with Gasteiger partial charge in [0.05, 0.1) is 0 Å². The minimum absolute atomic E-state index is 0.401. The first-order valence-electron chi connectivity index (χ1n) is 4.50. The summed E-state index contributed by atoms with van der Waals surface area (Å²) in [7, 11) is 0. The summed E-state index contributed by atoms with van der Waals surface area (Å²) in [6.45, 7) is 10.9. The van der Waals surface area contributed by atoms with E-state index >= 15 is 0 Å². The number of nitrogens with zero attached hydrogens (tertiary/aromatic N) is 1. The maximum absolute atomic E-state index is 3.78. The molecule has 0 aromatic carbocycles. The number of halogens is 1. The van der Waals surface area contributed by atoms with Gasteiger partial charge < -0.3 is 0 Å². The zero-order chi connectivity index (χ0) is 9.19. The number of hydrogen-bond donors (Lipinski definition) is 0. The molecule has 12 heavy (non-hydrogen) atoms. The Morgan fingerprint density at radius 2 is 2.33 bits per heavy atom. The van der Waals surface area contributed by atoms with Crippen molar-refractivity contribution >= 4 is 15.9 Å². The lowest BCUT2D eigenvalue weighted by atomic mass is 9.89. The van der Waals surface area contributed by atoms with E-state index in [0.29, 0.717) is 5.41 Å². The van der Waals surface area contributed by atoms with Crippen LogP contribution in [0.15, 0.2) is 12.7 Å². The minimum Gasteiger partial charge on any atom is -0.296 e. The zero-order valence-corrected chi connectivity index (χ0v) is 9.60. The van der Waals surface area contributed by atoms with E-state index in [-0.39, 0.29) is 0 Å². The minimum atomic E-state index is 0.401. The van der Waals surface area contributed by atoms with Gasteiger partial charge in [-0.05, 0) is 11.8 Å². The lowest BCUT2D eigenvalue weighted by Crippen LogP contribution is -2.23. The van der Waals surface area contributed by atoms with Gasteiger partial charge >= 0.3 is 0 Å². The molecule has 0 spiro atoms. The van der Waals surface area contributed by atoms with Crippen molar-refractivity contribution in [1.29, 1.82) is 0 Å². The Morgan fingerprint density at radius 3 is 2.75 bits per heavy atom. The average Bonchev–Trinajstić information content (AvgIpc) is 2.66. The van der Waals surface area contributed by atoms with Crippen LogP contribution < -0.4 is 0 Å². The number of alkyl halides is 1. The van der Waals surface area contributed by atoms with E-state index in [4.69, 9.17) is 0 Å². The second-order valence-electron chi connectivity index (χ2n) is 4.39. The number of rotatable bonds is 5. The molecular formula is C10H18BrN. The molecule has 1 aliphatic heterocycles. The molecule has 0 bridgehead atoms. The normalized spacial score (nSPS) is 28.6. The smallest absolute Gasteiger partial charge is 0.0321 e. The fourth-order valence-corrected chi connectivity index (χ4v) is 2.18. The highest BCUT2D eigenvalue weighted by Crippen LogP contribution is 2.29. The highest BCUT2D eigenvalue weighted by atomic mass is 79.9. The maximum Gasteiger partial charge on any atom is 0.0321 e. The van der Waals surface area contributed by atoms with Gasteiger partial charge in [-0.1, -0.05) is 35.9 Å². The molecule has 0 aromatic heterocycles. The van der Waals surface area contributed by atoms with Gasteiger partial charge in [-0.3, -0.25) is 4.90 Å². The van der Waals surface area contributed by atoms with Gasteiger partial charge in [-0.25, -0.2) is 0 Å². The van der Waals surface area contributed by atoms with E-state index in [0.717, 1.165) is 17.8 Å². The van der Waals surface area contributed by atoms with Gasteiger partial charge in [0.1, 0.15) is 0 Å². The molecule has 1 fully saturated rings. The lowest BCUT2D eigenvalue weighted by Gasteiger charge is -2.23. The summed E-state index contributed by atoms with van der Waals surface area (Å²) in [5, 5.41) is 1.12. The SMILES string of the molecule is C=CCC(C)(C)CN1CC1CBr. The van der Waals surface area contributed by atoms with Crippen molar-refractivity contribution in [3.63, 3.8) is 0 Å². The largest absolute Gasteiger partial charge is 0.296 e. The van der Waals surface area contributed by atoms with Gasteiger partial charge in [0, 0.05) is 24.5 Å². The van der Waals surface area contributed by atoms with Crippen LogP contribution in [0, 0.1) is 5.41 Å². The molecule has 0 aliphatic carbocycles. The quantitative estimate of drug-likeness (QED) is 0.400. The summed E-state index contributed by atoms with van der Waals surface area (Å²) in [4.78, 5) is 2.51. The fourth-order valence-electron chi connectivity index (χ4n) is 1.57. The van der Waals surface area contributed by atoms with E-state index < -0.39 is 0 Å². The molecule has 0 aromatic rings. The van der Waals surface area contributed by atoms with Crippen LogP contribution in [-0.2, 0) is 0 Å². The first-order valence-corrected chi connectivity index (χ1v) is 5.62. The van der Waals surface area contributed by atoms with Crippen molar-refractivity contribution in [1.82, 2.24) is 4.90 Å². The molecule has 1 saturated heterocycles. The third-order valence-electron chi connectivity index (χ3n) is 2.33. The molecule has 0 N–H and O–H groups in total. The van der Waals surface area contributed by atoms with Crippen LogP contribution in [0.25, 0.3) is 0 Å². The Bertz CT molecular complexity index is 165. The van der Waals surface area contributed by atoms with Crippen LogP contribution in [0.4, 0.5) is 0 Å². The predicted octanol–water partition coefficient (Wildman–Crippen LogP) is 2.67. The topological polar surface area (TPSA) is 3.01 Å². The second-order valence-corrected chi connectivity index (χ2v) is 5.04. The number of allylic oxidation sites excluding steroid dienone is 1. The number of hydrogen-bond acceptors (Lipinski definition) is 1. The molecule has 2 heteroatoms. The van der Waals surface area contributed by atoms with Crippen LogP contribution >= 0.6 is 15.9 Å². The highest BCUT2D eigenvalue weighted by molar-refractivity contribution is 9.09. The van der Waals surface area contributed by atoms with Crippen molar-refractivity contribution in [3.05, 3.63) is 12.7 Å². The Hall–Kier alpha value is 0.180. The van der Waals surface area contributed by atoms with Crippen molar-refractivity contribution < 1.29 is 0 Å². The molecule has 70 valence electrons. The molecule has 2 atom stereocenters. The lowest BCUT2D eigenvalue weighted by molar-refractivity contribution is 0.286. The summed E-state index contributed by atoms with van der Waals surface area (Å²) in [5.41, 5.74) is 0.401. The van der Waals surface area contributed by atoms with Crippen LogP contribution in [-0.4, -0.2) is 29.4 Å². The average molecular weight is 232 g/mol. The highest BCUT2D eigenvalue weighted by Gasteiger charge is 2.36. The van der Waals surface area contributed by atoms with Gasteiger partial charge in [-0.15, -0.1) is 6.58 Å². The van der Waals surface area contributed by atoms with Gasteiger partial charge in [0.15, 0.2) is 0 Å². The summed E-state index contributed by atoms with van der Waals surface area (Å²) in [5.74, 6) is 0. The van der Waals surface area contributed by atoms with Crippen LogP contribution in [0.5, 0.6) is 0 Å². The van der Waals surface area contributed by atoms with E-state index in [9.17, 15) is 0 Å². The molecule has 1 aliphatic rings. The zero-order valence-electron chi connectivity index (χ0n) is 8.02. The molecule has 1 heterocycles. The van der Waals surface area contributed by atoms with E-state index in [1.165, 1.54) is 13.1 Å². The Balaban J connectivity index is 2.26. The third-order valence-corrected chi connectivity index (χ3v) is 3.08. The molecule has 1 nitrogen and oxygen atoms in total. The van der Waals surface area contributed by atoms with Gasteiger partial charge in [0.2, 0.25) is 0 Å². The molecule has 2 unspecified atom stereocenters. The Labute approximate surface area is 84.0 Å². The predicted molar refractivity (Wildman–Crippen MR) is 57.8 cm³/mol. The third kappa shape index (κ3) is 2.91. The Morgan fingerprint density at radius 1 is 1.67 bits per heavy atom. The molecule has 0 amide bonds. The summed E-state index contributed by atoms with van der Waals surface area (Å²) < 4.78 is 0. The van der Waals surface area contributed by atoms with Crippen molar-refractivity contribution in [2.75, 3.05) is 18.4 Å². The molecular weight excluding hydrogens is 214 g/mol. The molecule has 0 radical (unpaired) electrons. The summed E-state index contributed by atoms with van der Waals surface area (Å²) in [6.07, 6.45) is 3.13. The van der Waals surface area contributed by atoms with Gasteiger partial charge in [-0.2, -0.15) is 0 Å². The summed E-state index contributed by atoms with van der Waals surface area (Å²) in [6, 6.07) is 0.800. The first-order chi connectivity index (χ1) is 5.59. The van der Waals surface area contributed by atoms with Crippen LogP contribution in [0.2, 0.25) is 0 Å². The van der Waals surface area contributed by atoms with Crippen LogP contribution in [0.1, 0.15) is 20.3 Å². The summed E-state index contributed by atoms with van der Waals surface area (Å²) >= 11 is 3.50. The van der Waals surface area contributed by atoms with Crippen molar-refractivity contribution in [2.24, 2.45) is 5.41 Å². The van der Waals surface area contributed by atoms with Crippen molar-refractivity contribution in [3.8, 4) is 0 Å². The van der Waals surface area contributed by atoms with E-state index in [2.05, 4.69) is 41.3 Å². The Kier molecular flexibility index (Phi) is 3.36. The maximum atomic E-state index is 3.78.